The number of aromatic nitrogens is 1. The summed E-state index contributed by atoms with van der Waals surface area (Å²) in [5.41, 5.74) is 2.10. The van der Waals surface area contributed by atoms with Gasteiger partial charge in [-0.15, -0.1) is 0 Å². The van der Waals surface area contributed by atoms with Gasteiger partial charge in [-0.1, -0.05) is 30.3 Å². The van der Waals surface area contributed by atoms with Crippen LogP contribution in [0.25, 0.3) is 10.9 Å². The molecule has 3 aromatic rings. The van der Waals surface area contributed by atoms with Crippen LogP contribution in [0, 0.1) is 0 Å². The second kappa shape index (κ2) is 9.55. The van der Waals surface area contributed by atoms with Crippen LogP contribution >= 0.6 is 0 Å². The molecule has 2 heterocycles. The summed E-state index contributed by atoms with van der Waals surface area (Å²) in [6.07, 6.45) is 2.42. The minimum absolute atomic E-state index is 0.220. The van der Waals surface area contributed by atoms with Crippen LogP contribution in [0.4, 0.5) is 0 Å². The van der Waals surface area contributed by atoms with E-state index in [1.54, 1.807) is 4.90 Å². The summed E-state index contributed by atoms with van der Waals surface area (Å²) in [5, 5.41) is 1.10. The van der Waals surface area contributed by atoms with Crippen molar-refractivity contribution < 1.29 is 23.8 Å². The van der Waals surface area contributed by atoms with Crippen molar-refractivity contribution >= 4 is 22.8 Å². The maximum atomic E-state index is 12.6. The molecule has 1 aliphatic heterocycles. The molecular formula is C24H26N2O5. The Labute approximate surface area is 180 Å². The molecule has 0 unspecified atom stereocenters. The van der Waals surface area contributed by atoms with Crippen molar-refractivity contribution in [2.45, 2.75) is 25.9 Å². The van der Waals surface area contributed by atoms with Gasteiger partial charge in [0.15, 0.2) is 24.2 Å². The van der Waals surface area contributed by atoms with E-state index in [-0.39, 0.29) is 31.0 Å². The zero-order chi connectivity index (χ0) is 21.6. The number of hydrogen-bond acceptors (Lipinski definition) is 5. The Morgan fingerprint density at radius 3 is 2.74 bits per heavy atom. The summed E-state index contributed by atoms with van der Waals surface area (Å²) >= 11 is 0. The zero-order valence-corrected chi connectivity index (χ0v) is 17.5. The number of hydrogen-bond donors (Lipinski definition) is 1. The number of nitrogens with one attached hydrogen (secondary N) is 1. The van der Waals surface area contributed by atoms with Gasteiger partial charge in [-0.3, -0.25) is 9.59 Å². The first-order valence-corrected chi connectivity index (χ1v) is 10.5. The zero-order valence-electron chi connectivity index (χ0n) is 17.5. The van der Waals surface area contributed by atoms with Crippen LogP contribution < -0.4 is 9.47 Å². The molecule has 0 saturated heterocycles. The number of benzene rings is 2. The molecule has 2 aromatic carbocycles. The van der Waals surface area contributed by atoms with Gasteiger partial charge in [0, 0.05) is 30.1 Å². The Bertz CT molecular complexity index is 1060. The Morgan fingerprint density at radius 2 is 1.90 bits per heavy atom. The van der Waals surface area contributed by atoms with Crippen LogP contribution in [0.15, 0.2) is 54.7 Å². The molecule has 1 amide bonds. The number of H-pyrrole nitrogens is 1. The van der Waals surface area contributed by atoms with E-state index < -0.39 is 0 Å². The predicted molar refractivity (Wildman–Crippen MR) is 116 cm³/mol. The lowest BCUT2D eigenvalue weighted by Crippen LogP contribution is -2.45. The molecule has 1 aromatic heterocycles. The molecule has 31 heavy (non-hydrogen) atoms. The molecular weight excluding hydrogens is 396 g/mol. The highest BCUT2D eigenvalue weighted by Crippen LogP contribution is 2.31. The second-order valence-electron chi connectivity index (χ2n) is 7.45. The third-order valence-electron chi connectivity index (χ3n) is 5.36. The van der Waals surface area contributed by atoms with Crippen molar-refractivity contribution in [2.75, 3.05) is 26.3 Å². The average Bonchev–Trinajstić information content (AvgIpc) is 3.22. The number of fused-ring (bicyclic) bond motifs is 2. The van der Waals surface area contributed by atoms with E-state index in [0.29, 0.717) is 37.6 Å². The highest BCUT2D eigenvalue weighted by atomic mass is 16.6. The van der Waals surface area contributed by atoms with Gasteiger partial charge in [0.1, 0.15) is 6.61 Å². The number of carbonyl (C=O) groups is 2. The molecule has 0 spiro atoms. The molecule has 0 radical (unpaired) electrons. The monoisotopic (exact) mass is 422 g/mol. The quantitative estimate of drug-likeness (QED) is 0.563. The van der Waals surface area contributed by atoms with Crippen molar-refractivity contribution in [2.24, 2.45) is 0 Å². The van der Waals surface area contributed by atoms with Gasteiger partial charge in [0.25, 0.3) is 5.91 Å². The number of ether oxygens (including phenoxy) is 3. The van der Waals surface area contributed by atoms with E-state index in [9.17, 15) is 9.59 Å². The first kappa shape index (κ1) is 20.8. The molecule has 0 fully saturated rings. The van der Waals surface area contributed by atoms with E-state index in [4.69, 9.17) is 14.2 Å². The summed E-state index contributed by atoms with van der Waals surface area (Å²) in [4.78, 5) is 29.5. The first-order chi connectivity index (χ1) is 15.1. The van der Waals surface area contributed by atoms with Gasteiger partial charge in [-0.05, 0) is 37.1 Å². The molecule has 0 aliphatic carbocycles. The molecule has 7 nitrogen and oxygen atoms in total. The number of aromatic amines is 1. The lowest BCUT2D eigenvalue weighted by atomic mass is 10.1. The highest BCUT2D eigenvalue weighted by Gasteiger charge is 2.25. The number of para-hydroxylation sites is 3. The number of rotatable bonds is 8. The van der Waals surface area contributed by atoms with Crippen molar-refractivity contribution in [1.29, 1.82) is 0 Å². The standard InChI is InChI=1S/C24H26N2O5/c1-2-26(14-18-15-29-21-9-5-6-10-22(21)31-18)23(27)16-30-24(28)12-11-17-13-25-20-8-4-3-7-19(17)20/h3-10,13,18,25H,2,11-12,14-16H2,1H3/t18-/m1/s1. The maximum Gasteiger partial charge on any atom is 0.306 e. The summed E-state index contributed by atoms with van der Waals surface area (Å²) in [6.45, 7) is 2.84. The maximum absolute atomic E-state index is 12.6. The van der Waals surface area contributed by atoms with Gasteiger partial charge in [0.05, 0.1) is 6.54 Å². The van der Waals surface area contributed by atoms with Crippen molar-refractivity contribution in [3.63, 3.8) is 0 Å². The van der Waals surface area contributed by atoms with E-state index in [2.05, 4.69) is 4.98 Å². The molecule has 1 aliphatic rings. The number of nitrogens with zero attached hydrogens (tertiary/aromatic N) is 1. The third-order valence-corrected chi connectivity index (χ3v) is 5.36. The van der Waals surface area contributed by atoms with E-state index in [0.717, 1.165) is 16.5 Å². The lowest BCUT2D eigenvalue weighted by molar-refractivity contribution is -0.152. The van der Waals surface area contributed by atoms with Crippen LogP contribution in [0.2, 0.25) is 0 Å². The van der Waals surface area contributed by atoms with Crippen LogP contribution in [0.3, 0.4) is 0 Å². The van der Waals surface area contributed by atoms with Crippen molar-refractivity contribution in [3.05, 3.63) is 60.3 Å². The van der Waals surface area contributed by atoms with Gasteiger partial charge < -0.3 is 24.1 Å². The van der Waals surface area contributed by atoms with Gasteiger partial charge in [-0.25, -0.2) is 0 Å². The number of aryl methyl sites for hydroxylation is 1. The van der Waals surface area contributed by atoms with Gasteiger partial charge >= 0.3 is 5.97 Å². The Balaban J connectivity index is 1.24. The Morgan fingerprint density at radius 1 is 1.13 bits per heavy atom. The van der Waals surface area contributed by atoms with Crippen molar-refractivity contribution in [3.8, 4) is 11.5 Å². The normalized spacial score (nSPS) is 14.9. The fraction of sp³-hybridized carbons (Fsp3) is 0.333. The van der Waals surface area contributed by atoms with E-state index >= 15 is 0 Å². The molecule has 4 rings (SSSR count). The Hall–Kier alpha value is -3.48. The fourth-order valence-corrected chi connectivity index (χ4v) is 3.69. The second-order valence-corrected chi connectivity index (χ2v) is 7.45. The minimum Gasteiger partial charge on any atom is -0.486 e. The molecule has 1 N–H and O–H groups in total. The molecule has 0 saturated carbocycles. The molecule has 7 heteroatoms. The smallest absolute Gasteiger partial charge is 0.306 e. The lowest BCUT2D eigenvalue weighted by Gasteiger charge is -2.30. The molecule has 1 atom stereocenters. The summed E-state index contributed by atoms with van der Waals surface area (Å²) < 4.78 is 16.9. The summed E-state index contributed by atoms with van der Waals surface area (Å²) in [7, 11) is 0. The average molecular weight is 422 g/mol. The van der Waals surface area contributed by atoms with E-state index in [1.165, 1.54) is 0 Å². The van der Waals surface area contributed by atoms with Crippen LogP contribution in [0.1, 0.15) is 18.9 Å². The van der Waals surface area contributed by atoms with Gasteiger partial charge in [-0.2, -0.15) is 0 Å². The van der Waals surface area contributed by atoms with Crippen molar-refractivity contribution in [1.82, 2.24) is 9.88 Å². The first-order valence-electron chi connectivity index (χ1n) is 10.5. The van der Waals surface area contributed by atoms with Crippen LogP contribution in [-0.4, -0.2) is 54.2 Å². The largest absolute Gasteiger partial charge is 0.486 e. The fourth-order valence-electron chi connectivity index (χ4n) is 3.69. The highest BCUT2D eigenvalue weighted by molar-refractivity contribution is 5.84. The Kier molecular flexibility index (Phi) is 6.40. The SMILES string of the molecule is CCN(C[C@@H]1COc2ccccc2O1)C(=O)COC(=O)CCc1c[nH]c2ccccc12. The summed E-state index contributed by atoms with van der Waals surface area (Å²) in [6, 6.07) is 15.4. The van der Waals surface area contributed by atoms with Gasteiger partial charge in [0.2, 0.25) is 0 Å². The van der Waals surface area contributed by atoms with E-state index in [1.807, 2.05) is 61.7 Å². The third kappa shape index (κ3) is 4.99. The topological polar surface area (TPSA) is 80.9 Å². The van der Waals surface area contributed by atoms with Crippen LogP contribution in [-0.2, 0) is 20.7 Å². The molecule has 162 valence electrons. The van der Waals surface area contributed by atoms with Crippen LogP contribution in [0.5, 0.6) is 11.5 Å². The predicted octanol–water partition coefficient (Wildman–Crippen LogP) is 3.33. The number of carbonyl (C=O) groups excluding carboxylic acids is 2. The number of likely N-dealkylation sites (N-methyl/N-ethyl adjacent to an activating group) is 1. The summed E-state index contributed by atoms with van der Waals surface area (Å²) in [5.74, 6) is 0.745. The minimum atomic E-state index is -0.388. The number of esters is 1. The molecule has 0 bridgehead atoms. The number of amides is 1.